The summed E-state index contributed by atoms with van der Waals surface area (Å²) in [5.74, 6) is 0.658. The molecule has 0 radical (unpaired) electrons. The summed E-state index contributed by atoms with van der Waals surface area (Å²) in [6.45, 7) is 2.90. The van der Waals surface area contributed by atoms with Crippen LogP contribution in [0.25, 0.3) is 0 Å². The van der Waals surface area contributed by atoms with Crippen LogP contribution in [-0.2, 0) is 0 Å². The molecule has 1 unspecified atom stereocenters. The Morgan fingerprint density at radius 2 is 2.31 bits per heavy atom. The first kappa shape index (κ1) is 10.9. The van der Waals surface area contributed by atoms with Gasteiger partial charge in [-0.25, -0.2) is 0 Å². The van der Waals surface area contributed by atoms with Crippen LogP contribution in [0.2, 0.25) is 0 Å². The van der Waals surface area contributed by atoms with E-state index in [0.29, 0.717) is 17.6 Å². The third-order valence-electron chi connectivity index (χ3n) is 2.95. The van der Waals surface area contributed by atoms with E-state index < -0.39 is 0 Å². The molecule has 0 aliphatic carbocycles. The zero-order valence-corrected chi connectivity index (χ0v) is 9.60. The Morgan fingerprint density at radius 1 is 1.50 bits per heavy atom. The minimum atomic E-state index is -0.0137. The number of carbonyl (C=O) groups is 1. The van der Waals surface area contributed by atoms with Gasteiger partial charge < -0.3 is 10.2 Å². The lowest BCUT2D eigenvalue weighted by Gasteiger charge is -2.20. The van der Waals surface area contributed by atoms with Crippen molar-refractivity contribution in [3.8, 4) is 0 Å². The summed E-state index contributed by atoms with van der Waals surface area (Å²) in [6.07, 6.45) is 2.16. The van der Waals surface area contributed by atoms with E-state index in [2.05, 4.69) is 22.4 Å². The molecule has 1 aromatic heterocycles. The van der Waals surface area contributed by atoms with Crippen LogP contribution in [0.5, 0.6) is 0 Å². The Bertz CT molecular complexity index is 376. The van der Waals surface area contributed by atoms with Crippen molar-refractivity contribution < 1.29 is 4.79 Å². The number of hydrogen-bond donors (Lipinski definition) is 1. The third kappa shape index (κ3) is 1.98. The van der Waals surface area contributed by atoms with Crippen molar-refractivity contribution in [2.75, 3.05) is 18.9 Å². The van der Waals surface area contributed by atoms with Gasteiger partial charge in [-0.2, -0.15) is 0 Å². The molecule has 1 atom stereocenters. The molecule has 0 spiro atoms. The molecule has 86 valence electrons. The third-order valence-corrected chi connectivity index (χ3v) is 2.95. The van der Waals surface area contributed by atoms with E-state index in [1.165, 1.54) is 0 Å². The van der Waals surface area contributed by atoms with Crippen molar-refractivity contribution in [3.63, 3.8) is 0 Å². The lowest BCUT2D eigenvalue weighted by molar-refractivity contribution is 0.0740. The summed E-state index contributed by atoms with van der Waals surface area (Å²) < 4.78 is 0. The molecule has 1 aliphatic heterocycles. The second-order valence-electron chi connectivity index (χ2n) is 4.04. The maximum Gasteiger partial charge on any atom is 0.274 e. The zero-order chi connectivity index (χ0) is 11.5. The number of rotatable bonds is 2. The molecule has 1 fully saturated rings. The summed E-state index contributed by atoms with van der Waals surface area (Å²) in [6, 6.07) is 3.80. The van der Waals surface area contributed by atoms with Gasteiger partial charge in [0.05, 0.1) is 0 Å². The number of aromatic nitrogens is 2. The maximum atomic E-state index is 12.1. The van der Waals surface area contributed by atoms with E-state index in [1.54, 1.807) is 19.2 Å². The fourth-order valence-corrected chi connectivity index (χ4v) is 1.96. The van der Waals surface area contributed by atoms with E-state index >= 15 is 0 Å². The molecule has 1 amide bonds. The van der Waals surface area contributed by atoms with Gasteiger partial charge in [0.25, 0.3) is 5.91 Å². The van der Waals surface area contributed by atoms with Crippen LogP contribution in [0.3, 0.4) is 0 Å². The van der Waals surface area contributed by atoms with Gasteiger partial charge in [0, 0.05) is 19.6 Å². The van der Waals surface area contributed by atoms with Crippen molar-refractivity contribution in [2.45, 2.75) is 25.8 Å². The Balaban J connectivity index is 2.14. The summed E-state index contributed by atoms with van der Waals surface area (Å²) >= 11 is 0. The molecule has 0 bridgehead atoms. The van der Waals surface area contributed by atoms with Gasteiger partial charge in [-0.3, -0.25) is 4.79 Å². The average molecular weight is 220 g/mol. The lowest BCUT2D eigenvalue weighted by Crippen LogP contribution is -2.34. The topological polar surface area (TPSA) is 58.1 Å². The van der Waals surface area contributed by atoms with E-state index in [-0.39, 0.29) is 5.91 Å². The predicted octanol–water partition coefficient (Wildman–Crippen LogP) is 1.14. The molecule has 1 N–H and O–H groups in total. The van der Waals surface area contributed by atoms with Crippen LogP contribution < -0.4 is 5.32 Å². The van der Waals surface area contributed by atoms with E-state index in [0.717, 1.165) is 19.4 Å². The molecule has 2 heterocycles. The Kier molecular flexibility index (Phi) is 3.03. The normalized spacial score (nSPS) is 19.9. The van der Waals surface area contributed by atoms with E-state index in [1.807, 2.05) is 4.90 Å². The van der Waals surface area contributed by atoms with Gasteiger partial charge in [0.1, 0.15) is 5.82 Å². The molecular weight excluding hydrogens is 204 g/mol. The number of nitrogens with zero attached hydrogens (tertiary/aromatic N) is 3. The van der Waals surface area contributed by atoms with Crippen LogP contribution in [0.15, 0.2) is 12.1 Å². The van der Waals surface area contributed by atoms with Crippen LogP contribution in [-0.4, -0.2) is 40.6 Å². The summed E-state index contributed by atoms with van der Waals surface area (Å²) in [5.41, 5.74) is 0.424. The second kappa shape index (κ2) is 4.47. The second-order valence-corrected chi connectivity index (χ2v) is 4.04. The number of carbonyl (C=O) groups excluding carboxylic acids is 1. The number of anilines is 1. The minimum Gasteiger partial charge on any atom is -0.372 e. The van der Waals surface area contributed by atoms with Crippen LogP contribution >= 0.6 is 0 Å². The van der Waals surface area contributed by atoms with Crippen LogP contribution in [0.4, 0.5) is 5.82 Å². The highest BCUT2D eigenvalue weighted by Gasteiger charge is 2.26. The van der Waals surface area contributed by atoms with Crippen molar-refractivity contribution in [2.24, 2.45) is 0 Å². The highest BCUT2D eigenvalue weighted by molar-refractivity contribution is 5.92. The van der Waals surface area contributed by atoms with Gasteiger partial charge in [-0.15, -0.1) is 10.2 Å². The van der Waals surface area contributed by atoms with Crippen LogP contribution in [0, 0.1) is 0 Å². The maximum absolute atomic E-state index is 12.1. The molecule has 1 aliphatic rings. The molecular formula is C11H16N4O. The van der Waals surface area contributed by atoms with Gasteiger partial charge >= 0.3 is 0 Å². The smallest absolute Gasteiger partial charge is 0.274 e. The van der Waals surface area contributed by atoms with E-state index in [9.17, 15) is 4.79 Å². The fraction of sp³-hybridized carbons (Fsp3) is 0.545. The lowest BCUT2D eigenvalue weighted by atomic mass is 10.2. The largest absolute Gasteiger partial charge is 0.372 e. The van der Waals surface area contributed by atoms with Crippen molar-refractivity contribution >= 4 is 11.7 Å². The quantitative estimate of drug-likeness (QED) is 0.812. The van der Waals surface area contributed by atoms with Gasteiger partial charge in [-0.05, 0) is 31.9 Å². The molecule has 5 nitrogen and oxygen atoms in total. The van der Waals surface area contributed by atoms with Gasteiger partial charge in [-0.1, -0.05) is 0 Å². The van der Waals surface area contributed by atoms with E-state index in [4.69, 9.17) is 0 Å². The zero-order valence-electron chi connectivity index (χ0n) is 9.60. The van der Waals surface area contributed by atoms with Gasteiger partial charge in [0.2, 0.25) is 0 Å². The fourth-order valence-electron chi connectivity index (χ4n) is 1.96. The highest BCUT2D eigenvalue weighted by Crippen LogP contribution is 2.18. The van der Waals surface area contributed by atoms with Gasteiger partial charge in [0.15, 0.2) is 5.69 Å². The highest BCUT2D eigenvalue weighted by atomic mass is 16.2. The van der Waals surface area contributed by atoms with Crippen molar-refractivity contribution in [1.29, 1.82) is 0 Å². The Morgan fingerprint density at radius 3 is 2.81 bits per heavy atom. The first-order chi connectivity index (χ1) is 7.72. The standard InChI is InChI=1S/C11H16N4O/c1-8-4-3-7-15(8)11(16)9-5-6-10(12-2)14-13-9/h5-6,8H,3-4,7H2,1-2H3,(H,12,14). The van der Waals surface area contributed by atoms with Crippen LogP contribution in [0.1, 0.15) is 30.3 Å². The molecule has 1 aromatic rings. The first-order valence-electron chi connectivity index (χ1n) is 5.55. The molecule has 2 rings (SSSR count). The minimum absolute atomic E-state index is 0.0137. The molecule has 1 saturated heterocycles. The average Bonchev–Trinajstić information content (AvgIpc) is 2.75. The number of nitrogens with one attached hydrogen (secondary N) is 1. The number of likely N-dealkylation sites (tertiary alicyclic amines) is 1. The monoisotopic (exact) mass is 220 g/mol. The predicted molar refractivity (Wildman–Crippen MR) is 61.3 cm³/mol. The summed E-state index contributed by atoms with van der Waals surface area (Å²) in [5, 5.41) is 10.7. The summed E-state index contributed by atoms with van der Waals surface area (Å²) in [4.78, 5) is 13.9. The summed E-state index contributed by atoms with van der Waals surface area (Å²) in [7, 11) is 1.77. The Labute approximate surface area is 94.9 Å². The van der Waals surface area contributed by atoms with Crippen molar-refractivity contribution in [1.82, 2.24) is 15.1 Å². The number of amides is 1. The Hall–Kier alpha value is -1.65. The number of hydrogen-bond acceptors (Lipinski definition) is 4. The first-order valence-corrected chi connectivity index (χ1v) is 5.55. The molecule has 5 heteroatoms. The molecule has 16 heavy (non-hydrogen) atoms. The molecule has 0 saturated carbocycles. The SMILES string of the molecule is CNc1ccc(C(=O)N2CCCC2C)nn1. The molecule has 0 aromatic carbocycles. The van der Waals surface area contributed by atoms with Crippen molar-refractivity contribution in [3.05, 3.63) is 17.8 Å².